The van der Waals surface area contributed by atoms with Gasteiger partial charge in [-0.2, -0.15) is 4.68 Å². The summed E-state index contributed by atoms with van der Waals surface area (Å²) in [4.78, 5) is 4.13. The van der Waals surface area contributed by atoms with Gasteiger partial charge in [0, 0.05) is 24.4 Å². The van der Waals surface area contributed by atoms with Crippen molar-refractivity contribution in [1.29, 1.82) is 0 Å². The van der Waals surface area contributed by atoms with Crippen molar-refractivity contribution in [2.24, 2.45) is 0 Å². The third kappa shape index (κ3) is 2.93. The van der Waals surface area contributed by atoms with Crippen molar-refractivity contribution in [1.82, 2.24) is 14.8 Å². The normalized spacial score (nSPS) is 11.7. The van der Waals surface area contributed by atoms with E-state index in [0.29, 0.717) is 11.7 Å². The highest BCUT2D eigenvalue weighted by atomic mass is 32.2. The van der Waals surface area contributed by atoms with Crippen LogP contribution in [0, 0.1) is 0 Å². The highest BCUT2D eigenvalue weighted by Crippen LogP contribution is 2.29. The largest absolute Gasteiger partial charge is 0.382 e. The number of hydrogen-bond acceptors (Lipinski definition) is 7. The minimum absolute atomic E-state index is 0.0313. The van der Waals surface area contributed by atoms with Gasteiger partial charge in [0.05, 0.1) is 0 Å². The third-order valence-electron chi connectivity index (χ3n) is 2.67. The number of anilines is 2. The molecule has 0 radical (unpaired) electrons. The molecule has 110 valence electrons. The Morgan fingerprint density at radius 1 is 1.50 bits per heavy atom. The molecule has 0 aliphatic rings. The van der Waals surface area contributed by atoms with Crippen LogP contribution in [0.3, 0.4) is 0 Å². The number of nitrogens with one attached hydrogen (secondary N) is 1. The SMILES string of the molecule is CCCCNc1nn(-c2nccs2)c(N)c1S(C)(=O)=O. The van der Waals surface area contributed by atoms with Crippen molar-refractivity contribution in [2.75, 3.05) is 23.9 Å². The van der Waals surface area contributed by atoms with E-state index in [1.54, 1.807) is 11.6 Å². The van der Waals surface area contributed by atoms with Crippen LogP contribution in [0.25, 0.3) is 5.13 Å². The van der Waals surface area contributed by atoms with Gasteiger partial charge in [-0.05, 0) is 6.42 Å². The highest BCUT2D eigenvalue weighted by Gasteiger charge is 2.25. The van der Waals surface area contributed by atoms with E-state index < -0.39 is 9.84 Å². The summed E-state index contributed by atoms with van der Waals surface area (Å²) < 4.78 is 25.2. The van der Waals surface area contributed by atoms with Crippen LogP contribution in [-0.2, 0) is 9.84 Å². The lowest BCUT2D eigenvalue weighted by molar-refractivity contribution is 0.602. The molecule has 0 atom stereocenters. The molecule has 2 rings (SSSR count). The molecule has 0 aliphatic carbocycles. The first-order valence-corrected chi connectivity index (χ1v) is 8.94. The van der Waals surface area contributed by atoms with Crippen LogP contribution in [0.1, 0.15) is 19.8 Å². The number of thiazole rings is 1. The van der Waals surface area contributed by atoms with E-state index in [4.69, 9.17) is 5.73 Å². The molecule has 0 amide bonds. The second kappa shape index (κ2) is 5.80. The summed E-state index contributed by atoms with van der Waals surface area (Å²) in [6, 6.07) is 0. The third-order valence-corrected chi connectivity index (χ3v) is 4.56. The van der Waals surface area contributed by atoms with Crippen molar-refractivity contribution in [3.8, 4) is 5.13 Å². The van der Waals surface area contributed by atoms with E-state index in [2.05, 4.69) is 22.3 Å². The van der Waals surface area contributed by atoms with Gasteiger partial charge in [0.25, 0.3) is 0 Å². The quantitative estimate of drug-likeness (QED) is 0.784. The van der Waals surface area contributed by atoms with E-state index >= 15 is 0 Å². The fourth-order valence-electron chi connectivity index (χ4n) is 1.75. The molecule has 2 aromatic rings. The molecule has 9 heteroatoms. The maximum Gasteiger partial charge on any atom is 0.212 e. The first-order valence-electron chi connectivity index (χ1n) is 6.17. The molecule has 2 heterocycles. The molecule has 0 fully saturated rings. The zero-order chi connectivity index (χ0) is 14.8. The maximum absolute atomic E-state index is 11.9. The second-order valence-electron chi connectivity index (χ2n) is 4.34. The summed E-state index contributed by atoms with van der Waals surface area (Å²) in [6.07, 6.45) is 4.67. The topological polar surface area (TPSA) is 103 Å². The summed E-state index contributed by atoms with van der Waals surface area (Å²) in [5.41, 5.74) is 5.93. The van der Waals surface area contributed by atoms with Crippen LogP contribution in [-0.4, -0.2) is 36.0 Å². The molecule has 0 aromatic carbocycles. The number of sulfone groups is 1. The Kier molecular flexibility index (Phi) is 4.29. The number of rotatable bonds is 6. The van der Waals surface area contributed by atoms with Crippen molar-refractivity contribution < 1.29 is 8.42 Å². The smallest absolute Gasteiger partial charge is 0.212 e. The van der Waals surface area contributed by atoms with Crippen LogP contribution >= 0.6 is 11.3 Å². The Labute approximate surface area is 121 Å². The van der Waals surface area contributed by atoms with E-state index in [9.17, 15) is 8.42 Å². The van der Waals surface area contributed by atoms with Gasteiger partial charge in [0.1, 0.15) is 0 Å². The summed E-state index contributed by atoms with van der Waals surface area (Å²) in [5.74, 6) is 0.370. The van der Waals surface area contributed by atoms with E-state index in [-0.39, 0.29) is 16.5 Å². The average Bonchev–Trinajstić information content (AvgIpc) is 2.96. The minimum atomic E-state index is -3.47. The predicted octanol–water partition coefficient (Wildman–Crippen LogP) is 1.53. The summed E-state index contributed by atoms with van der Waals surface area (Å²) in [7, 11) is -3.47. The number of hydrogen-bond donors (Lipinski definition) is 2. The van der Waals surface area contributed by atoms with E-state index in [0.717, 1.165) is 19.1 Å². The van der Waals surface area contributed by atoms with Crippen LogP contribution in [0.15, 0.2) is 16.5 Å². The Balaban J connectivity index is 2.47. The molecule has 7 nitrogen and oxygen atoms in total. The first kappa shape index (κ1) is 14.8. The monoisotopic (exact) mass is 315 g/mol. The highest BCUT2D eigenvalue weighted by molar-refractivity contribution is 7.91. The van der Waals surface area contributed by atoms with E-state index in [1.807, 2.05) is 0 Å². The Morgan fingerprint density at radius 3 is 2.80 bits per heavy atom. The Bertz CT molecular complexity index is 676. The van der Waals surface area contributed by atoms with Crippen molar-refractivity contribution in [3.63, 3.8) is 0 Å². The fourth-order valence-corrected chi connectivity index (χ4v) is 3.28. The molecule has 0 aliphatic heterocycles. The molecule has 20 heavy (non-hydrogen) atoms. The number of nitrogens with zero attached hydrogens (tertiary/aromatic N) is 3. The summed E-state index contributed by atoms with van der Waals surface area (Å²) in [5, 5.41) is 9.59. The zero-order valence-electron chi connectivity index (χ0n) is 11.3. The zero-order valence-corrected chi connectivity index (χ0v) is 13.0. The molecule has 0 bridgehead atoms. The maximum atomic E-state index is 11.9. The molecule has 3 N–H and O–H groups in total. The number of nitrogens with two attached hydrogens (primary N) is 1. The van der Waals surface area contributed by atoms with Crippen molar-refractivity contribution in [3.05, 3.63) is 11.6 Å². The molecule has 2 aromatic heterocycles. The standard InChI is InChI=1S/C11H17N5O2S2/c1-3-4-5-13-10-8(20(2,17)18)9(12)16(15-10)11-14-6-7-19-11/h6-7H,3-5,12H2,1-2H3,(H,13,15). The number of nitrogen functional groups attached to an aromatic ring is 1. The predicted molar refractivity (Wildman–Crippen MR) is 80.2 cm³/mol. The van der Waals surface area contributed by atoms with Gasteiger partial charge in [0.15, 0.2) is 26.4 Å². The first-order chi connectivity index (χ1) is 9.45. The van der Waals surface area contributed by atoms with Crippen LogP contribution in [0.2, 0.25) is 0 Å². The second-order valence-corrected chi connectivity index (χ2v) is 7.17. The van der Waals surface area contributed by atoms with Crippen LogP contribution in [0.5, 0.6) is 0 Å². The number of aromatic nitrogens is 3. The summed E-state index contributed by atoms with van der Waals surface area (Å²) >= 11 is 1.34. The average molecular weight is 315 g/mol. The lowest BCUT2D eigenvalue weighted by atomic mass is 10.3. The van der Waals surface area contributed by atoms with Gasteiger partial charge in [-0.15, -0.1) is 16.4 Å². The van der Waals surface area contributed by atoms with Gasteiger partial charge in [-0.3, -0.25) is 0 Å². The lowest BCUT2D eigenvalue weighted by Gasteiger charge is -2.03. The molecular formula is C11H17N5O2S2. The Hall–Kier alpha value is -1.61. The minimum Gasteiger partial charge on any atom is -0.382 e. The van der Waals surface area contributed by atoms with Crippen molar-refractivity contribution in [2.45, 2.75) is 24.7 Å². The van der Waals surface area contributed by atoms with Crippen molar-refractivity contribution >= 4 is 32.8 Å². The van der Waals surface area contributed by atoms with Gasteiger partial charge in [0.2, 0.25) is 5.13 Å². The molecule has 0 spiro atoms. The molecule has 0 saturated heterocycles. The van der Waals surface area contributed by atoms with Gasteiger partial charge >= 0.3 is 0 Å². The van der Waals surface area contributed by atoms with Gasteiger partial charge < -0.3 is 11.1 Å². The molecule has 0 saturated carbocycles. The van der Waals surface area contributed by atoms with Gasteiger partial charge in [-0.1, -0.05) is 13.3 Å². The van der Waals surface area contributed by atoms with E-state index in [1.165, 1.54) is 16.0 Å². The fraction of sp³-hybridized carbons (Fsp3) is 0.455. The Morgan fingerprint density at radius 2 is 2.25 bits per heavy atom. The molecular weight excluding hydrogens is 298 g/mol. The van der Waals surface area contributed by atoms with Crippen LogP contribution < -0.4 is 11.1 Å². The number of unbranched alkanes of at least 4 members (excludes halogenated alkanes) is 1. The summed E-state index contributed by atoms with van der Waals surface area (Å²) in [6.45, 7) is 2.70. The van der Waals surface area contributed by atoms with Crippen LogP contribution in [0.4, 0.5) is 11.6 Å². The lowest BCUT2D eigenvalue weighted by Crippen LogP contribution is -2.07. The van der Waals surface area contributed by atoms with Gasteiger partial charge in [-0.25, -0.2) is 13.4 Å². The molecule has 0 unspecified atom stereocenters.